The first-order valence-corrected chi connectivity index (χ1v) is 11.3. The van der Waals surface area contributed by atoms with Gasteiger partial charge in [-0.05, 0) is 46.1 Å². The Morgan fingerprint density at radius 3 is 2.58 bits per heavy atom. The van der Waals surface area contributed by atoms with E-state index in [1.54, 1.807) is 44.4 Å². The zero-order valence-corrected chi connectivity index (χ0v) is 19.5. The SMILES string of the molecule is CC(C)O.C\C=C1/C(=N\C(=C\CC)n2ccnc2)C(NC2CCCCC2)=CC(=O)N1C. The Morgan fingerprint density at radius 1 is 1.35 bits per heavy atom. The summed E-state index contributed by atoms with van der Waals surface area (Å²) in [4.78, 5) is 23.2. The first-order valence-electron chi connectivity index (χ1n) is 11.3. The number of nitrogens with one attached hydrogen (secondary N) is 1. The topological polar surface area (TPSA) is 82.8 Å². The Kier molecular flexibility index (Phi) is 9.72. The van der Waals surface area contributed by atoms with E-state index in [0.717, 1.165) is 42.2 Å². The van der Waals surface area contributed by atoms with Gasteiger partial charge in [-0.2, -0.15) is 0 Å². The van der Waals surface area contributed by atoms with E-state index in [9.17, 15) is 4.79 Å². The van der Waals surface area contributed by atoms with Crippen LogP contribution >= 0.6 is 0 Å². The van der Waals surface area contributed by atoms with Gasteiger partial charge >= 0.3 is 0 Å². The van der Waals surface area contributed by atoms with Crippen LogP contribution in [0.4, 0.5) is 0 Å². The largest absolute Gasteiger partial charge is 0.394 e. The summed E-state index contributed by atoms with van der Waals surface area (Å²) in [5.41, 5.74) is 2.45. The van der Waals surface area contributed by atoms with E-state index in [1.165, 1.54) is 19.3 Å². The minimum Gasteiger partial charge on any atom is -0.394 e. The van der Waals surface area contributed by atoms with Gasteiger partial charge < -0.3 is 15.3 Å². The average molecular weight is 428 g/mol. The van der Waals surface area contributed by atoms with Crippen LogP contribution in [0, 0.1) is 0 Å². The lowest BCUT2D eigenvalue weighted by atomic mass is 9.94. The minimum atomic E-state index is -0.167. The molecule has 170 valence electrons. The molecule has 1 aromatic rings. The highest BCUT2D eigenvalue weighted by atomic mass is 16.3. The van der Waals surface area contributed by atoms with E-state index in [4.69, 9.17) is 10.1 Å². The van der Waals surface area contributed by atoms with E-state index in [1.807, 2.05) is 23.8 Å². The molecular weight excluding hydrogens is 390 g/mol. The van der Waals surface area contributed by atoms with Crippen molar-refractivity contribution in [3.63, 3.8) is 0 Å². The first kappa shape index (κ1) is 24.6. The Balaban J connectivity index is 0.000000785. The zero-order valence-electron chi connectivity index (χ0n) is 19.5. The maximum atomic E-state index is 12.5. The standard InChI is InChI=1S/C21H29N5O.C3H8O/c1-4-9-19(26-13-12-22-15-26)24-21-17(23-16-10-7-6-8-11-16)14-20(27)25(3)18(21)5-2;1-3(2)4/h5,9,12-16,23H,4,6-8,10-11H2,1-3H3;3-4H,1-2H3/b18-5+,19-9-,24-21-;. The normalized spacial score (nSPS) is 20.7. The van der Waals surface area contributed by atoms with Gasteiger partial charge in [0.25, 0.3) is 5.91 Å². The van der Waals surface area contributed by atoms with Crippen LogP contribution in [0.15, 0.2) is 53.3 Å². The predicted molar refractivity (Wildman–Crippen MR) is 126 cm³/mol. The molecular formula is C24H37N5O2. The number of aliphatic hydroxyl groups is 1. The summed E-state index contributed by atoms with van der Waals surface area (Å²) in [5, 5.41) is 11.7. The molecule has 0 atom stereocenters. The van der Waals surface area contributed by atoms with Crippen LogP contribution in [0.2, 0.25) is 0 Å². The maximum Gasteiger partial charge on any atom is 0.252 e. The van der Waals surface area contributed by atoms with Crippen LogP contribution in [-0.4, -0.2) is 50.4 Å². The van der Waals surface area contributed by atoms with Gasteiger partial charge in [-0.1, -0.05) is 32.3 Å². The molecule has 0 bridgehead atoms. The highest BCUT2D eigenvalue weighted by molar-refractivity contribution is 6.20. The lowest BCUT2D eigenvalue weighted by Crippen LogP contribution is -2.41. The molecule has 1 saturated carbocycles. The van der Waals surface area contributed by atoms with E-state index < -0.39 is 0 Å². The van der Waals surface area contributed by atoms with Gasteiger partial charge in [0, 0.05) is 37.7 Å². The summed E-state index contributed by atoms with van der Waals surface area (Å²) in [6.07, 6.45) is 17.8. The van der Waals surface area contributed by atoms with Crippen LogP contribution in [-0.2, 0) is 4.79 Å². The van der Waals surface area contributed by atoms with Crippen molar-refractivity contribution in [2.45, 2.75) is 78.4 Å². The van der Waals surface area contributed by atoms with E-state index >= 15 is 0 Å². The Bertz CT molecular complexity index is 825. The molecule has 1 fully saturated rings. The van der Waals surface area contributed by atoms with Crippen molar-refractivity contribution >= 4 is 17.4 Å². The number of imidazole rings is 1. The number of amides is 1. The number of allylic oxidation sites excluding steroid dienone is 2. The Labute approximate surface area is 186 Å². The van der Waals surface area contributed by atoms with Crippen molar-refractivity contribution in [1.82, 2.24) is 19.8 Å². The second-order valence-corrected chi connectivity index (χ2v) is 8.10. The second kappa shape index (κ2) is 12.2. The second-order valence-electron chi connectivity index (χ2n) is 8.10. The first-order chi connectivity index (χ1) is 14.9. The third kappa shape index (κ3) is 7.21. The van der Waals surface area contributed by atoms with Crippen LogP contribution in [0.5, 0.6) is 0 Å². The van der Waals surface area contributed by atoms with E-state index in [-0.39, 0.29) is 12.0 Å². The minimum absolute atomic E-state index is 0.0241. The highest BCUT2D eigenvalue weighted by Gasteiger charge is 2.28. The van der Waals surface area contributed by atoms with Gasteiger partial charge in [0.05, 0.1) is 11.4 Å². The van der Waals surface area contributed by atoms with Gasteiger partial charge in [0.2, 0.25) is 0 Å². The molecule has 31 heavy (non-hydrogen) atoms. The number of likely N-dealkylation sites (N-methyl/N-ethyl adjacent to an activating group) is 1. The fourth-order valence-electron chi connectivity index (χ4n) is 3.63. The van der Waals surface area contributed by atoms with Crippen LogP contribution < -0.4 is 5.32 Å². The van der Waals surface area contributed by atoms with E-state index in [2.05, 4.69) is 23.3 Å². The molecule has 1 aliphatic heterocycles. The van der Waals surface area contributed by atoms with Gasteiger partial charge in [-0.25, -0.2) is 9.98 Å². The lowest BCUT2D eigenvalue weighted by Gasteiger charge is -2.31. The molecule has 0 spiro atoms. The van der Waals surface area contributed by atoms with Crippen molar-refractivity contribution in [1.29, 1.82) is 0 Å². The number of aromatic nitrogens is 2. The van der Waals surface area contributed by atoms with Crippen LogP contribution in [0.1, 0.15) is 66.2 Å². The average Bonchev–Trinajstić information content (AvgIpc) is 3.26. The van der Waals surface area contributed by atoms with E-state index in [0.29, 0.717) is 6.04 Å². The summed E-state index contributed by atoms with van der Waals surface area (Å²) < 4.78 is 1.90. The molecule has 1 aromatic heterocycles. The summed E-state index contributed by atoms with van der Waals surface area (Å²) in [5.74, 6) is 0.785. The molecule has 2 N–H and O–H groups in total. The third-order valence-corrected chi connectivity index (χ3v) is 5.08. The number of hydrogen-bond donors (Lipinski definition) is 2. The summed E-state index contributed by atoms with van der Waals surface area (Å²) in [6.45, 7) is 7.47. The Morgan fingerprint density at radius 2 is 2.03 bits per heavy atom. The zero-order chi connectivity index (χ0) is 22.8. The molecule has 0 radical (unpaired) electrons. The number of aliphatic imine (C=N–C) groups is 1. The maximum absolute atomic E-state index is 12.5. The van der Waals surface area contributed by atoms with Crippen molar-refractivity contribution in [3.8, 4) is 0 Å². The predicted octanol–water partition coefficient (Wildman–Crippen LogP) is 4.10. The number of carbonyl (C=O) groups excluding carboxylic acids is 1. The number of rotatable bonds is 5. The van der Waals surface area contributed by atoms with Crippen LogP contribution in [0.3, 0.4) is 0 Å². The number of nitrogens with zero attached hydrogens (tertiary/aromatic N) is 4. The fraction of sp³-hybridized carbons (Fsp3) is 0.542. The van der Waals surface area contributed by atoms with Crippen molar-refractivity contribution < 1.29 is 9.90 Å². The van der Waals surface area contributed by atoms with Crippen LogP contribution in [0.25, 0.3) is 5.82 Å². The molecule has 3 rings (SSSR count). The smallest absolute Gasteiger partial charge is 0.252 e. The lowest BCUT2D eigenvalue weighted by molar-refractivity contribution is -0.123. The molecule has 0 unspecified atom stereocenters. The molecule has 1 amide bonds. The van der Waals surface area contributed by atoms with Gasteiger partial charge in [0.1, 0.15) is 17.9 Å². The Hall–Kier alpha value is -2.67. The molecule has 2 heterocycles. The van der Waals surface area contributed by atoms with Gasteiger partial charge in [0.15, 0.2) is 0 Å². The molecule has 7 nitrogen and oxygen atoms in total. The summed E-state index contributed by atoms with van der Waals surface area (Å²) >= 11 is 0. The highest BCUT2D eigenvalue weighted by Crippen LogP contribution is 2.24. The van der Waals surface area contributed by atoms with Gasteiger partial charge in [-0.15, -0.1) is 0 Å². The number of hydrogen-bond acceptors (Lipinski definition) is 5. The van der Waals surface area contributed by atoms with Crippen molar-refractivity contribution in [2.24, 2.45) is 4.99 Å². The van der Waals surface area contributed by atoms with Crippen molar-refractivity contribution in [2.75, 3.05) is 7.05 Å². The third-order valence-electron chi connectivity index (χ3n) is 5.08. The molecule has 1 aliphatic carbocycles. The summed E-state index contributed by atoms with van der Waals surface area (Å²) in [6, 6.07) is 0.399. The molecule has 0 aromatic carbocycles. The monoisotopic (exact) mass is 427 g/mol. The fourth-order valence-corrected chi connectivity index (χ4v) is 3.63. The molecule has 7 heteroatoms. The van der Waals surface area contributed by atoms with Gasteiger partial charge in [-0.3, -0.25) is 9.36 Å². The summed E-state index contributed by atoms with van der Waals surface area (Å²) in [7, 11) is 1.79. The van der Waals surface area contributed by atoms with Crippen molar-refractivity contribution in [3.05, 3.63) is 48.3 Å². The molecule has 2 aliphatic rings. The number of aliphatic hydroxyl groups excluding tert-OH is 1. The number of carbonyl (C=O) groups is 1. The molecule has 0 saturated heterocycles. The quantitative estimate of drug-likeness (QED) is 0.741.